The van der Waals surface area contributed by atoms with Crippen molar-refractivity contribution in [3.05, 3.63) is 11.4 Å². The Bertz CT molecular complexity index is 558. The van der Waals surface area contributed by atoms with Crippen LogP contribution in [0.2, 0.25) is 0 Å². The Morgan fingerprint density at radius 2 is 1.22 bits per heavy atom. The second-order valence-corrected chi connectivity index (χ2v) is 2.89. The van der Waals surface area contributed by atoms with Crippen LogP contribution in [0.3, 0.4) is 0 Å². The van der Waals surface area contributed by atoms with Gasteiger partial charge in [-0.2, -0.15) is 0 Å². The average molecular weight is 254 g/mol. The monoisotopic (exact) mass is 254 g/mol. The zero-order chi connectivity index (χ0) is 13.1. The normalized spacial score (nSPS) is 12.9. The summed E-state index contributed by atoms with van der Waals surface area (Å²) in [5.74, 6) is -0.363. The van der Waals surface area contributed by atoms with Gasteiger partial charge in [-0.05, 0) is 20.6 Å². The molecular formula is C6H6N8O4. The minimum atomic E-state index is -0.362. The molecule has 0 atom stereocenters. The number of hydrogen-bond acceptors (Lipinski definition) is 12. The number of aromatic nitrogens is 4. The smallest absolute Gasteiger partial charge is 0.198 e. The first-order chi connectivity index (χ1) is 8.69. The van der Waals surface area contributed by atoms with Crippen LogP contribution in [-0.2, 0) is 0 Å². The Hall–Kier alpha value is -3.18. The molecule has 0 bridgehead atoms. The molecule has 0 fully saturated rings. The first kappa shape index (κ1) is 11.3. The Balaban J connectivity index is 2.52. The minimum Gasteiger partial charge on any atom is -0.410 e. The average Bonchev–Trinajstić information content (AvgIpc) is 2.95. The molecule has 2 heterocycles. The number of anilines is 2. The fraction of sp³-hybridized carbons (Fsp3) is 0. The van der Waals surface area contributed by atoms with Crippen molar-refractivity contribution in [2.24, 2.45) is 10.3 Å². The fourth-order valence-electron chi connectivity index (χ4n) is 1.13. The molecule has 2 aromatic heterocycles. The highest BCUT2D eigenvalue weighted by Gasteiger charge is 2.27. The lowest BCUT2D eigenvalue weighted by Crippen LogP contribution is -2.20. The van der Waals surface area contributed by atoms with Gasteiger partial charge in [-0.1, -0.05) is 10.3 Å². The SMILES string of the molecule is Nc1nonc1C(=NO)C(=NO)c1nonc1N. The van der Waals surface area contributed by atoms with E-state index in [0.717, 1.165) is 0 Å². The quantitative estimate of drug-likeness (QED) is 0.289. The molecular weight excluding hydrogens is 248 g/mol. The van der Waals surface area contributed by atoms with Crippen LogP contribution in [0.4, 0.5) is 11.6 Å². The summed E-state index contributed by atoms with van der Waals surface area (Å²) in [5, 5.41) is 36.9. The van der Waals surface area contributed by atoms with Crippen molar-refractivity contribution < 1.29 is 19.7 Å². The fourth-order valence-corrected chi connectivity index (χ4v) is 1.13. The van der Waals surface area contributed by atoms with E-state index in [0.29, 0.717) is 0 Å². The van der Waals surface area contributed by atoms with E-state index in [4.69, 9.17) is 21.9 Å². The van der Waals surface area contributed by atoms with Crippen molar-refractivity contribution in [3.8, 4) is 0 Å². The summed E-state index contributed by atoms with van der Waals surface area (Å²) in [6, 6.07) is 0. The molecule has 2 aromatic rings. The number of nitrogen functional groups attached to an aromatic ring is 2. The summed E-state index contributed by atoms with van der Waals surface area (Å²) in [6.45, 7) is 0. The maximum absolute atomic E-state index is 8.92. The second-order valence-electron chi connectivity index (χ2n) is 2.89. The van der Waals surface area contributed by atoms with Gasteiger partial charge in [0.25, 0.3) is 0 Å². The molecule has 18 heavy (non-hydrogen) atoms. The molecule has 0 radical (unpaired) electrons. The van der Waals surface area contributed by atoms with E-state index < -0.39 is 0 Å². The minimum absolute atomic E-state index is 0.160. The van der Waals surface area contributed by atoms with Crippen molar-refractivity contribution in [3.63, 3.8) is 0 Å². The highest BCUT2D eigenvalue weighted by Crippen LogP contribution is 2.14. The molecule has 12 heteroatoms. The van der Waals surface area contributed by atoms with E-state index >= 15 is 0 Å². The molecule has 12 nitrogen and oxygen atoms in total. The molecule has 0 aliphatic rings. The molecule has 94 valence electrons. The van der Waals surface area contributed by atoms with E-state index in [1.165, 1.54) is 0 Å². The lowest BCUT2D eigenvalue weighted by atomic mass is 10.1. The number of oxime groups is 2. The molecule has 0 amide bonds. The van der Waals surface area contributed by atoms with Crippen LogP contribution >= 0.6 is 0 Å². The van der Waals surface area contributed by atoms with E-state index in [-0.39, 0.29) is 34.4 Å². The van der Waals surface area contributed by atoms with Gasteiger partial charge in [-0.3, -0.25) is 0 Å². The van der Waals surface area contributed by atoms with Crippen LogP contribution in [0, 0.1) is 0 Å². The summed E-state index contributed by atoms with van der Waals surface area (Å²) < 4.78 is 8.65. The van der Waals surface area contributed by atoms with Gasteiger partial charge in [0.2, 0.25) is 0 Å². The van der Waals surface area contributed by atoms with Crippen LogP contribution in [-0.4, -0.2) is 42.5 Å². The molecule has 0 aliphatic heterocycles. The van der Waals surface area contributed by atoms with Crippen LogP contribution < -0.4 is 11.5 Å². The van der Waals surface area contributed by atoms with Crippen molar-refractivity contribution in [2.45, 2.75) is 0 Å². The first-order valence-corrected chi connectivity index (χ1v) is 4.30. The molecule has 0 aromatic carbocycles. The molecule has 0 aliphatic carbocycles. The van der Waals surface area contributed by atoms with Crippen LogP contribution in [0.25, 0.3) is 0 Å². The van der Waals surface area contributed by atoms with Gasteiger partial charge in [0.1, 0.15) is 0 Å². The van der Waals surface area contributed by atoms with Gasteiger partial charge >= 0.3 is 0 Å². The third-order valence-electron chi connectivity index (χ3n) is 1.90. The van der Waals surface area contributed by atoms with Gasteiger partial charge in [0.05, 0.1) is 0 Å². The Morgan fingerprint density at radius 1 is 0.833 bits per heavy atom. The molecule has 0 saturated carbocycles. The van der Waals surface area contributed by atoms with E-state index in [1.807, 2.05) is 0 Å². The maximum atomic E-state index is 8.92. The zero-order valence-electron chi connectivity index (χ0n) is 8.55. The number of hydrogen-bond donors (Lipinski definition) is 4. The predicted molar refractivity (Wildman–Crippen MR) is 54.1 cm³/mol. The highest BCUT2D eigenvalue weighted by molar-refractivity contribution is 6.53. The van der Waals surface area contributed by atoms with Crippen molar-refractivity contribution in [2.75, 3.05) is 11.5 Å². The van der Waals surface area contributed by atoms with E-state index in [1.54, 1.807) is 0 Å². The highest BCUT2D eigenvalue weighted by atomic mass is 16.6. The summed E-state index contributed by atoms with van der Waals surface area (Å²) >= 11 is 0. The van der Waals surface area contributed by atoms with Crippen LogP contribution in [0.15, 0.2) is 19.6 Å². The van der Waals surface area contributed by atoms with Crippen molar-refractivity contribution in [1.29, 1.82) is 0 Å². The summed E-state index contributed by atoms with van der Waals surface area (Å²) in [4.78, 5) is 0. The van der Waals surface area contributed by atoms with Gasteiger partial charge in [0.15, 0.2) is 34.4 Å². The van der Waals surface area contributed by atoms with Gasteiger partial charge in [-0.15, -0.1) is 0 Å². The number of rotatable bonds is 3. The largest absolute Gasteiger partial charge is 0.410 e. The van der Waals surface area contributed by atoms with E-state index in [2.05, 4.69) is 40.2 Å². The summed E-state index contributed by atoms with van der Waals surface area (Å²) in [6.07, 6.45) is 0. The molecule has 0 spiro atoms. The predicted octanol–water partition coefficient (Wildman–Crippen LogP) is -1.33. The molecule has 6 N–H and O–H groups in total. The molecule has 0 unspecified atom stereocenters. The Labute approximate surface area is 97.5 Å². The van der Waals surface area contributed by atoms with Gasteiger partial charge in [-0.25, -0.2) is 9.26 Å². The van der Waals surface area contributed by atoms with E-state index in [9.17, 15) is 0 Å². The van der Waals surface area contributed by atoms with Crippen molar-refractivity contribution in [1.82, 2.24) is 20.6 Å². The third-order valence-corrected chi connectivity index (χ3v) is 1.90. The Kier molecular flexibility index (Phi) is 2.74. The third kappa shape index (κ3) is 1.66. The molecule has 2 rings (SSSR count). The van der Waals surface area contributed by atoms with Gasteiger partial charge < -0.3 is 21.9 Å². The number of nitrogens with two attached hydrogens (primary N) is 2. The second kappa shape index (κ2) is 4.36. The summed E-state index contributed by atoms with van der Waals surface area (Å²) in [7, 11) is 0. The standard InChI is InChI=1S/C6H6N8O4/c7-5-3(11-17-13-5)1(9-15)2(10-16)4-6(8)14-18-12-4/h15-16H,(H2,7,13)(H2,8,14). The topological polar surface area (TPSA) is 195 Å². The van der Waals surface area contributed by atoms with Crippen molar-refractivity contribution >= 4 is 23.1 Å². The van der Waals surface area contributed by atoms with Crippen LogP contribution in [0.5, 0.6) is 0 Å². The number of nitrogens with zero attached hydrogens (tertiary/aromatic N) is 6. The maximum Gasteiger partial charge on any atom is 0.198 e. The Morgan fingerprint density at radius 3 is 1.44 bits per heavy atom. The lowest BCUT2D eigenvalue weighted by Gasteiger charge is -2.00. The van der Waals surface area contributed by atoms with Gasteiger partial charge in [0, 0.05) is 0 Å². The van der Waals surface area contributed by atoms with Crippen LogP contribution in [0.1, 0.15) is 11.4 Å². The summed E-state index contributed by atoms with van der Waals surface area (Å²) in [5.41, 5.74) is 9.78. The molecule has 0 saturated heterocycles. The zero-order valence-corrected chi connectivity index (χ0v) is 8.55. The first-order valence-electron chi connectivity index (χ1n) is 4.30. The lowest BCUT2D eigenvalue weighted by molar-refractivity contribution is 0.303.